The smallest absolute Gasteiger partial charge is 0.292 e. The second-order valence-electron chi connectivity index (χ2n) is 4.60. The molecule has 0 aromatic heterocycles. The molecule has 112 valence electrons. The summed E-state index contributed by atoms with van der Waals surface area (Å²) in [6.45, 7) is 3.17. The van der Waals surface area contributed by atoms with Gasteiger partial charge >= 0.3 is 0 Å². The lowest BCUT2D eigenvalue weighted by atomic mass is 10.1. The first-order valence-corrected chi connectivity index (χ1v) is 6.61. The van der Waals surface area contributed by atoms with Crippen molar-refractivity contribution in [1.82, 2.24) is 10.2 Å². The van der Waals surface area contributed by atoms with E-state index in [1.54, 1.807) is 0 Å². The number of hydrogen-bond donors (Lipinski definition) is 2. The number of rotatable bonds is 4. The molecule has 1 heterocycles. The SMILES string of the molecule is CCNc1cc(C(=O)N2CCNC(=O)C2)ccc1[N+](=O)[O-]. The van der Waals surface area contributed by atoms with Crippen LogP contribution >= 0.6 is 0 Å². The zero-order valence-electron chi connectivity index (χ0n) is 11.6. The van der Waals surface area contributed by atoms with Gasteiger partial charge in [-0.15, -0.1) is 0 Å². The Morgan fingerprint density at radius 1 is 1.52 bits per heavy atom. The number of piperazine rings is 1. The van der Waals surface area contributed by atoms with Gasteiger partial charge in [0.15, 0.2) is 0 Å². The van der Waals surface area contributed by atoms with Crippen molar-refractivity contribution in [1.29, 1.82) is 0 Å². The molecule has 0 atom stereocenters. The molecule has 0 radical (unpaired) electrons. The van der Waals surface area contributed by atoms with Crippen molar-refractivity contribution in [3.8, 4) is 0 Å². The summed E-state index contributed by atoms with van der Waals surface area (Å²) in [5, 5.41) is 16.5. The number of carbonyl (C=O) groups excluding carboxylic acids is 2. The van der Waals surface area contributed by atoms with Crippen LogP contribution in [0, 0.1) is 10.1 Å². The molecule has 21 heavy (non-hydrogen) atoms. The highest BCUT2D eigenvalue weighted by atomic mass is 16.6. The van der Waals surface area contributed by atoms with Gasteiger partial charge in [0, 0.05) is 31.3 Å². The van der Waals surface area contributed by atoms with Gasteiger partial charge in [-0.3, -0.25) is 19.7 Å². The molecule has 0 unspecified atom stereocenters. The monoisotopic (exact) mass is 292 g/mol. The fourth-order valence-corrected chi connectivity index (χ4v) is 2.15. The minimum absolute atomic E-state index is 0.00631. The fourth-order valence-electron chi connectivity index (χ4n) is 2.15. The summed E-state index contributed by atoms with van der Waals surface area (Å²) in [5.41, 5.74) is 0.547. The zero-order chi connectivity index (χ0) is 15.4. The zero-order valence-corrected chi connectivity index (χ0v) is 11.6. The van der Waals surface area contributed by atoms with E-state index in [1.165, 1.54) is 23.1 Å². The Balaban J connectivity index is 2.26. The summed E-state index contributed by atoms with van der Waals surface area (Å²) in [5.74, 6) is -0.512. The Hall–Kier alpha value is -2.64. The quantitative estimate of drug-likeness (QED) is 0.624. The Labute approximate surface area is 121 Å². The first-order chi connectivity index (χ1) is 10.0. The summed E-state index contributed by atoms with van der Waals surface area (Å²) in [6, 6.07) is 4.17. The van der Waals surface area contributed by atoms with E-state index in [2.05, 4.69) is 10.6 Å². The van der Waals surface area contributed by atoms with Crippen molar-refractivity contribution < 1.29 is 14.5 Å². The highest BCUT2D eigenvalue weighted by Crippen LogP contribution is 2.26. The number of anilines is 1. The highest BCUT2D eigenvalue weighted by Gasteiger charge is 2.24. The standard InChI is InChI=1S/C13H16N4O4/c1-2-14-10-7-9(3-4-11(10)17(20)21)13(19)16-6-5-15-12(18)8-16/h3-4,7,14H,2,5-6,8H2,1H3,(H,15,18). The first kappa shape index (κ1) is 14.8. The predicted octanol–water partition coefficient (Wildman–Crippen LogP) is 0.599. The van der Waals surface area contributed by atoms with Gasteiger partial charge in [-0.05, 0) is 19.1 Å². The van der Waals surface area contributed by atoms with Crippen LogP contribution in [0.4, 0.5) is 11.4 Å². The normalized spacial score (nSPS) is 14.5. The molecule has 1 aromatic rings. The Morgan fingerprint density at radius 2 is 2.29 bits per heavy atom. The molecule has 2 N–H and O–H groups in total. The van der Waals surface area contributed by atoms with Gasteiger partial charge < -0.3 is 15.5 Å². The molecule has 0 spiro atoms. The number of nitro benzene ring substituents is 1. The topological polar surface area (TPSA) is 105 Å². The predicted molar refractivity (Wildman–Crippen MR) is 76.2 cm³/mol. The number of amides is 2. The van der Waals surface area contributed by atoms with E-state index >= 15 is 0 Å². The summed E-state index contributed by atoms with van der Waals surface area (Å²) in [4.78, 5) is 35.5. The number of hydrogen-bond acceptors (Lipinski definition) is 5. The van der Waals surface area contributed by atoms with E-state index < -0.39 is 4.92 Å². The number of carbonyl (C=O) groups is 2. The average molecular weight is 292 g/mol. The fraction of sp³-hybridized carbons (Fsp3) is 0.385. The van der Waals surface area contributed by atoms with Crippen LogP contribution in [0.5, 0.6) is 0 Å². The molecule has 8 heteroatoms. The Bertz CT molecular complexity index is 588. The maximum absolute atomic E-state index is 12.3. The lowest BCUT2D eigenvalue weighted by Gasteiger charge is -2.26. The number of nitrogens with zero attached hydrogens (tertiary/aromatic N) is 2. The molecule has 2 rings (SSSR count). The highest BCUT2D eigenvalue weighted by molar-refractivity contribution is 5.98. The van der Waals surface area contributed by atoms with Crippen molar-refractivity contribution in [3.63, 3.8) is 0 Å². The lowest BCUT2D eigenvalue weighted by molar-refractivity contribution is -0.384. The van der Waals surface area contributed by atoms with Gasteiger partial charge in [-0.25, -0.2) is 0 Å². The van der Waals surface area contributed by atoms with Crippen molar-refractivity contribution in [2.45, 2.75) is 6.92 Å². The van der Waals surface area contributed by atoms with E-state index in [-0.39, 0.29) is 24.0 Å². The molecular formula is C13H16N4O4. The van der Waals surface area contributed by atoms with Crippen LogP contribution in [0.3, 0.4) is 0 Å². The van der Waals surface area contributed by atoms with E-state index in [0.717, 1.165) is 0 Å². The summed E-state index contributed by atoms with van der Waals surface area (Å²) in [6.07, 6.45) is 0. The molecule has 8 nitrogen and oxygen atoms in total. The summed E-state index contributed by atoms with van der Waals surface area (Å²) in [7, 11) is 0. The molecule has 1 saturated heterocycles. The van der Waals surface area contributed by atoms with Crippen LogP contribution in [0.25, 0.3) is 0 Å². The van der Waals surface area contributed by atoms with Gasteiger partial charge in [0.2, 0.25) is 5.91 Å². The second kappa shape index (κ2) is 6.21. The van der Waals surface area contributed by atoms with Gasteiger partial charge in [0.25, 0.3) is 11.6 Å². The molecule has 1 aliphatic heterocycles. The average Bonchev–Trinajstić information content (AvgIpc) is 2.46. The molecule has 0 saturated carbocycles. The van der Waals surface area contributed by atoms with Crippen molar-refractivity contribution in [2.24, 2.45) is 0 Å². The van der Waals surface area contributed by atoms with Gasteiger partial charge in [-0.2, -0.15) is 0 Å². The number of nitro groups is 1. The minimum atomic E-state index is -0.499. The van der Waals surface area contributed by atoms with Crippen LogP contribution < -0.4 is 10.6 Å². The first-order valence-electron chi connectivity index (χ1n) is 6.61. The molecule has 1 fully saturated rings. The lowest BCUT2D eigenvalue weighted by Crippen LogP contribution is -2.49. The van der Waals surface area contributed by atoms with E-state index in [4.69, 9.17) is 0 Å². The van der Waals surface area contributed by atoms with Crippen LogP contribution in [-0.2, 0) is 4.79 Å². The Kier molecular flexibility index (Phi) is 4.36. The van der Waals surface area contributed by atoms with Crippen LogP contribution in [0.1, 0.15) is 17.3 Å². The largest absolute Gasteiger partial charge is 0.380 e. The van der Waals surface area contributed by atoms with Crippen LogP contribution in [0.2, 0.25) is 0 Å². The van der Waals surface area contributed by atoms with Crippen molar-refractivity contribution >= 4 is 23.2 Å². The van der Waals surface area contributed by atoms with Crippen LogP contribution in [-0.4, -0.2) is 47.8 Å². The molecule has 1 aromatic carbocycles. The second-order valence-corrected chi connectivity index (χ2v) is 4.60. The van der Waals surface area contributed by atoms with Crippen molar-refractivity contribution in [3.05, 3.63) is 33.9 Å². The minimum Gasteiger partial charge on any atom is -0.380 e. The molecule has 2 amide bonds. The van der Waals surface area contributed by atoms with Gasteiger partial charge in [-0.1, -0.05) is 0 Å². The van der Waals surface area contributed by atoms with Gasteiger partial charge in [0.05, 0.1) is 11.5 Å². The summed E-state index contributed by atoms with van der Waals surface area (Å²) >= 11 is 0. The van der Waals surface area contributed by atoms with E-state index in [0.29, 0.717) is 30.9 Å². The summed E-state index contributed by atoms with van der Waals surface area (Å²) < 4.78 is 0. The third-order valence-electron chi connectivity index (χ3n) is 3.13. The molecular weight excluding hydrogens is 276 g/mol. The Morgan fingerprint density at radius 3 is 2.90 bits per heavy atom. The van der Waals surface area contributed by atoms with E-state index in [9.17, 15) is 19.7 Å². The van der Waals surface area contributed by atoms with Crippen LogP contribution in [0.15, 0.2) is 18.2 Å². The molecule has 0 bridgehead atoms. The maximum atomic E-state index is 12.3. The van der Waals surface area contributed by atoms with Crippen molar-refractivity contribution in [2.75, 3.05) is 31.5 Å². The number of benzene rings is 1. The molecule has 1 aliphatic rings. The maximum Gasteiger partial charge on any atom is 0.292 e. The molecule has 0 aliphatic carbocycles. The third kappa shape index (κ3) is 3.28. The number of nitrogens with one attached hydrogen (secondary N) is 2. The van der Waals surface area contributed by atoms with E-state index in [1.807, 2.05) is 6.92 Å². The van der Waals surface area contributed by atoms with Gasteiger partial charge in [0.1, 0.15) is 5.69 Å². The third-order valence-corrected chi connectivity index (χ3v) is 3.13.